The van der Waals surface area contributed by atoms with Crippen molar-refractivity contribution in [3.05, 3.63) is 59.4 Å². The fourth-order valence-electron chi connectivity index (χ4n) is 3.00. The summed E-state index contributed by atoms with van der Waals surface area (Å²) in [7, 11) is -0.278. The van der Waals surface area contributed by atoms with Gasteiger partial charge in [0.25, 0.3) is 5.91 Å². The van der Waals surface area contributed by atoms with E-state index in [1.165, 1.54) is 35.6 Å². The second-order valence-corrected chi connectivity index (χ2v) is 10.5. The van der Waals surface area contributed by atoms with Gasteiger partial charge in [0, 0.05) is 24.2 Å². The standard InChI is InChI=1S/C22H24N2O5S2/c1-6-11-24-17-12-18(28-4)19(29-5)13-20(17)30-22(24)23-21(25)15-7-9-16(10-8-15)31(26,27)14(2)3/h6-10,12-14H,1,11H2,2-5H3. The number of rotatable bonds is 7. The van der Waals surface area contributed by atoms with Crippen molar-refractivity contribution in [1.82, 2.24) is 4.57 Å². The molecule has 9 heteroatoms. The lowest BCUT2D eigenvalue weighted by Gasteiger charge is -2.08. The Kier molecular flexibility index (Phi) is 6.66. The van der Waals surface area contributed by atoms with Crippen molar-refractivity contribution in [2.75, 3.05) is 14.2 Å². The minimum atomic E-state index is -3.40. The van der Waals surface area contributed by atoms with Gasteiger partial charge < -0.3 is 14.0 Å². The zero-order valence-corrected chi connectivity index (χ0v) is 19.4. The van der Waals surface area contributed by atoms with Crippen molar-refractivity contribution in [3.8, 4) is 11.5 Å². The summed E-state index contributed by atoms with van der Waals surface area (Å²) >= 11 is 1.34. The minimum absolute atomic E-state index is 0.182. The number of nitrogens with zero attached hydrogens (tertiary/aromatic N) is 2. The molecule has 31 heavy (non-hydrogen) atoms. The highest BCUT2D eigenvalue weighted by Crippen LogP contribution is 2.33. The molecular weight excluding hydrogens is 436 g/mol. The van der Waals surface area contributed by atoms with Crippen LogP contribution in [0.5, 0.6) is 11.5 Å². The molecule has 0 atom stereocenters. The Bertz CT molecular complexity index is 1300. The molecule has 0 unspecified atom stereocenters. The number of ether oxygens (including phenoxy) is 2. The van der Waals surface area contributed by atoms with E-state index in [0.717, 1.165) is 10.2 Å². The number of allylic oxidation sites excluding steroid dienone is 1. The number of aromatic nitrogens is 1. The minimum Gasteiger partial charge on any atom is -0.493 e. The monoisotopic (exact) mass is 460 g/mol. The molecule has 3 aromatic rings. The number of hydrogen-bond acceptors (Lipinski definition) is 6. The highest BCUT2D eigenvalue weighted by Gasteiger charge is 2.19. The van der Waals surface area contributed by atoms with E-state index in [1.54, 1.807) is 34.1 Å². The number of sulfone groups is 1. The first kappa shape index (κ1) is 22.8. The molecule has 0 bridgehead atoms. The molecule has 0 aliphatic rings. The highest BCUT2D eigenvalue weighted by atomic mass is 32.2. The molecule has 0 saturated carbocycles. The number of hydrogen-bond donors (Lipinski definition) is 0. The smallest absolute Gasteiger partial charge is 0.279 e. The second kappa shape index (κ2) is 9.07. The van der Waals surface area contributed by atoms with Crippen molar-refractivity contribution in [1.29, 1.82) is 0 Å². The largest absolute Gasteiger partial charge is 0.493 e. The Morgan fingerprint density at radius 3 is 2.32 bits per heavy atom. The molecule has 0 aliphatic carbocycles. The van der Waals surface area contributed by atoms with Crippen LogP contribution in [-0.4, -0.2) is 38.4 Å². The number of benzene rings is 2. The number of methoxy groups -OCH3 is 2. The van der Waals surface area contributed by atoms with Gasteiger partial charge in [0.2, 0.25) is 0 Å². The summed E-state index contributed by atoms with van der Waals surface area (Å²) in [5, 5.41) is -0.538. The summed E-state index contributed by atoms with van der Waals surface area (Å²) in [5.41, 5.74) is 1.15. The Balaban J connectivity index is 2.08. The van der Waals surface area contributed by atoms with Crippen LogP contribution in [0.1, 0.15) is 24.2 Å². The SMILES string of the molecule is C=CCn1c(=NC(=O)c2ccc(S(=O)(=O)C(C)C)cc2)sc2cc(OC)c(OC)cc21. The Morgan fingerprint density at radius 1 is 1.16 bits per heavy atom. The number of amides is 1. The normalized spacial score (nSPS) is 12.4. The lowest BCUT2D eigenvalue weighted by Crippen LogP contribution is -2.16. The fraction of sp³-hybridized carbons (Fsp3) is 0.273. The summed E-state index contributed by atoms with van der Waals surface area (Å²) in [4.78, 5) is 17.8. The van der Waals surface area contributed by atoms with Gasteiger partial charge in [0.05, 0.1) is 34.6 Å². The van der Waals surface area contributed by atoms with E-state index in [4.69, 9.17) is 9.47 Å². The average molecular weight is 461 g/mol. The van der Waals surface area contributed by atoms with E-state index in [-0.39, 0.29) is 4.90 Å². The van der Waals surface area contributed by atoms with Crippen molar-refractivity contribution < 1.29 is 22.7 Å². The van der Waals surface area contributed by atoms with Crippen molar-refractivity contribution in [2.24, 2.45) is 4.99 Å². The molecule has 0 spiro atoms. The maximum absolute atomic E-state index is 12.8. The van der Waals surface area contributed by atoms with Gasteiger partial charge in [-0.1, -0.05) is 17.4 Å². The predicted molar refractivity (Wildman–Crippen MR) is 122 cm³/mol. The van der Waals surface area contributed by atoms with Crippen molar-refractivity contribution in [3.63, 3.8) is 0 Å². The van der Waals surface area contributed by atoms with Crippen LogP contribution in [0.3, 0.4) is 0 Å². The number of thiazole rings is 1. The predicted octanol–water partition coefficient (Wildman–Crippen LogP) is 3.83. The molecule has 1 aromatic heterocycles. The third kappa shape index (κ3) is 4.42. The molecule has 164 valence electrons. The lowest BCUT2D eigenvalue weighted by atomic mass is 10.2. The van der Waals surface area contributed by atoms with Crippen LogP contribution in [-0.2, 0) is 16.4 Å². The molecule has 2 aromatic carbocycles. The van der Waals surface area contributed by atoms with Gasteiger partial charge in [0.15, 0.2) is 26.1 Å². The molecule has 0 saturated heterocycles. The van der Waals surface area contributed by atoms with Gasteiger partial charge in [-0.15, -0.1) is 6.58 Å². The average Bonchev–Trinajstić information content (AvgIpc) is 3.08. The van der Waals surface area contributed by atoms with Gasteiger partial charge in [-0.3, -0.25) is 4.79 Å². The molecule has 0 fully saturated rings. The van der Waals surface area contributed by atoms with E-state index in [9.17, 15) is 13.2 Å². The van der Waals surface area contributed by atoms with Crippen LogP contribution in [0, 0.1) is 0 Å². The number of fused-ring (bicyclic) bond motifs is 1. The molecule has 1 heterocycles. The van der Waals surface area contributed by atoms with E-state index in [0.29, 0.717) is 28.4 Å². The molecule has 7 nitrogen and oxygen atoms in total. The van der Waals surface area contributed by atoms with Gasteiger partial charge in [0.1, 0.15) is 0 Å². The second-order valence-electron chi connectivity index (χ2n) is 6.99. The zero-order chi connectivity index (χ0) is 22.8. The zero-order valence-electron chi connectivity index (χ0n) is 17.8. The quantitative estimate of drug-likeness (QED) is 0.500. The number of carbonyl (C=O) groups is 1. The third-order valence-electron chi connectivity index (χ3n) is 4.75. The maximum atomic E-state index is 12.8. The Labute approximate surface area is 185 Å². The lowest BCUT2D eigenvalue weighted by molar-refractivity contribution is 0.0998. The first-order chi connectivity index (χ1) is 14.7. The molecular formula is C22H24N2O5S2. The first-order valence-electron chi connectivity index (χ1n) is 9.52. The van der Waals surface area contributed by atoms with Crippen molar-refractivity contribution in [2.45, 2.75) is 30.5 Å². The molecule has 3 rings (SSSR count). The summed E-state index contributed by atoms with van der Waals surface area (Å²) in [5.74, 6) is 0.698. The highest BCUT2D eigenvalue weighted by molar-refractivity contribution is 7.92. The molecule has 0 radical (unpaired) electrons. The van der Waals surface area contributed by atoms with Crippen LogP contribution >= 0.6 is 11.3 Å². The fourth-order valence-corrected chi connectivity index (χ4v) is 5.11. The van der Waals surface area contributed by atoms with E-state index >= 15 is 0 Å². The van der Waals surface area contributed by atoms with Gasteiger partial charge in [-0.2, -0.15) is 4.99 Å². The van der Waals surface area contributed by atoms with Crippen LogP contribution in [0.25, 0.3) is 10.2 Å². The van der Waals surface area contributed by atoms with Crippen LogP contribution in [0.2, 0.25) is 0 Å². The summed E-state index contributed by atoms with van der Waals surface area (Å²) in [6.45, 7) is 7.48. The van der Waals surface area contributed by atoms with E-state index < -0.39 is 21.0 Å². The van der Waals surface area contributed by atoms with Crippen LogP contribution in [0.4, 0.5) is 0 Å². The van der Waals surface area contributed by atoms with E-state index in [1.807, 2.05) is 16.7 Å². The van der Waals surface area contributed by atoms with Gasteiger partial charge in [-0.25, -0.2) is 8.42 Å². The van der Waals surface area contributed by atoms with Crippen LogP contribution < -0.4 is 14.3 Å². The first-order valence-corrected chi connectivity index (χ1v) is 11.9. The Morgan fingerprint density at radius 2 is 1.77 bits per heavy atom. The third-order valence-corrected chi connectivity index (χ3v) is 7.96. The summed E-state index contributed by atoms with van der Waals surface area (Å²) < 4.78 is 38.1. The maximum Gasteiger partial charge on any atom is 0.279 e. The van der Waals surface area contributed by atoms with Crippen LogP contribution in [0.15, 0.2) is 58.9 Å². The van der Waals surface area contributed by atoms with Crippen molar-refractivity contribution >= 4 is 37.3 Å². The molecule has 1 amide bonds. The topological polar surface area (TPSA) is 87.0 Å². The summed E-state index contributed by atoms with van der Waals surface area (Å²) in [6.07, 6.45) is 1.72. The van der Waals surface area contributed by atoms with Gasteiger partial charge >= 0.3 is 0 Å². The number of carbonyl (C=O) groups excluding carboxylic acids is 1. The van der Waals surface area contributed by atoms with E-state index in [2.05, 4.69) is 11.6 Å². The molecule has 0 aliphatic heterocycles. The Hall–Kier alpha value is -2.91. The van der Waals surface area contributed by atoms with Gasteiger partial charge in [-0.05, 0) is 38.1 Å². The summed E-state index contributed by atoms with van der Waals surface area (Å²) in [6, 6.07) is 9.53. The molecule has 0 N–H and O–H groups in total.